The molecule has 4 nitrogen and oxygen atoms in total. The summed E-state index contributed by atoms with van der Waals surface area (Å²) in [6.45, 7) is 10.9. The van der Waals surface area contributed by atoms with Crippen LogP contribution >= 0.6 is 0 Å². The molecule has 21 heavy (non-hydrogen) atoms. The number of Topliss-reactive ketones (excluding diaryl/α,β-unsaturated/α-hetero) is 1. The highest BCUT2D eigenvalue weighted by Crippen LogP contribution is 2.35. The minimum Gasteiger partial charge on any atom is -0.291 e. The van der Waals surface area contributed by atoms with Crippen LogP contribution in [0.25, 0.3) is 0 Å². The average Bonchev–Trinajstić information content (AvgIpc) is 2.34. The van der Waals surface area contributed by atoms with Crippen molar-refractivity contribution in [2.24, 2.45) is 0 Å². The SMILES string of the molecule is CC(C)(C)[Si](C)(C)c1ccc(C(=O)COS(C)(=O)=O)cc1. The average molecular weight is 329 g/mol. The van der Waals surface area contributed by atoms with Gasteiger partial charge in [-0.2, -0.15) is 8.42 Å². The molecule has 0 aliphatic carbocycles. The summed E-state index contributed by atoms with van der Waals surface area (Å²) in [6.07, 6.45) is 0.931. The van der Waals surface area contributed by atoms with Crippen molar-refractivity contribution in [2.75, 3.05) is 12.9 Å². The smallest absolute Gasteiger partial charge is 0.264 e. The van der Waals surface area contributed by atoms with Crippen LogP contribution in [0.5, 0.6) is 0 Å². The van der Waals surface area contributed by atoms with Crippen LogP contribution in [0.2, 0.25) is 18.1 Å². The van der Waals surface area contributed by atoms with E-state index in [1.165, 1.54) is 5.19 Å². The molecule has 0 aromatic heterocycles. The first-order valence-electron chi connectivity index (χ1n) is 6.83. The van der Waals surface area contributed by atoms with Gasteiger partial charge in [0, 0.05) is 5.56 Å². The summed E-state index contributed by atoms with van der Waals surface area (Å²) in [5, 5.41) is 1.49. The highest BCUT2D eigenvalue weighted by Gasteiger charge is 2.36. The molecule has 6 heteroatoms. The number of carbonyl (C=O) groups excluding carboxylic acids is 1. The Hall–Kier alpha value is -0.983. The predicted octanol–water partition coefficient (Wildman–Crippen LogP) is 2.56. The topological polar surface area (TPSA) is 60.4 Å². The van der Waals surface area contributed by atoms with Crippen LogP contribution in [0.3, 0.4) is 0 Å². The van der Waals surface area contributed by atoms with E-state index in [4.69, 9.17) is 0 Å². The summed E-state index contributed by atoms with van der Waals surface area (Å²) in [5.74, 6) is -0.331. The summed E-state index contributed by atoms with van der Waals surface area (Å²) in [5.41, 5.74) is 0.473. The fraction of sp³-hybridized carbons (Fsp3) is 0.533. The fourth-order valence-electron chi connectivity index (χ4n) is 1.75. The lowest BCUT2D eigenvalue weighted by atomic mass is 10.1. The minimum absolute atomic E-state index is 0.220. The lowest BCUT2D eigenvalue weighted by Crippen LogP contribution is -2.49. The zero-order valence-corrected chi connectivity index (χ0v) is 15.4. The maximum Gasteiger partial charge on any atom is 0.264 e. The Morgan fingerprint density at radius 2 is 1.62 bits per heavy atom. The third kappa shape index (κ3) is 4.76. The normalized spacial score (nSPS) is 13.2. The van der Waals surface area contributed by atoms with E-state index >= 15 is 0 Å². The van der Waals surface area contributed by atoms with Crippen LogP contribution in [0.1, 0.15) is 31.1 Å². The van der Waals surface area contributed by atoms with Gasteiger partial charge in [-0.1, -0.05) is 63.3 Å². The molecule has 0 aliphatic rings. The van der Waals surface area contributed by atoms with Crippen LogP contribution < -0.4 is 5.19 Å². The lowest BCUT2D eigenvalue weighted by molar-refractivity contribution is 0.0925. The summed E-state index contributed by atoms with van der Waals surface area (Å²) >= 11 is 0. The zero-order valence-electron chi connectivity index (χ0n) is 13.6. The molecule has 1 aromatic rings. The van der Waals surface area contributed by atoms with E-state index in [-0.39, 0.29) is 10.8 Å². The quantitative estimate of drug-likeness (QED) is 0.473. The molecule has 0 aliphatic heterocycles. The van der Waals surface area contributed by atoms with Crippen LogP contribution in [-0.2, 0) is 14.3 Å². The predicted molar refractivity (Wildman–Crippen MR) is 88.4 cm³/mol. The van der Waals surface area contributed by atoms with Crippen molar-refractivity contribution in [3.8, 4) is 0 Å². The second kappa shape index (κ2) is 6.02. The van der Waals surface area contributed by atoms with E-state index in [0.717, 1.165) is 6.26 Å². The minimum atomic E-state index is -3.59. The molecule has 0 spiro atoms. The van der Waals surface area contributed by atoms with Gasteiger partial charge < -0.3 is 0 Å². The molecule has 118 valence electrons. The van der Waals surface area contributed by atoms with Crippen molar-refractivity contribution in [3.63, 3.8) is 0 Å². The molecule has 0 bridgehead atoms. The number of benzene rings is 1. The van der Waals surface area contributed by atoms with Gasteiger partial charge in [0.1, 0.15) is 6.61 Å². The Morgan fingerprint density at radius 3 is 2.00 bits per heavy atom. The first-order valence-corrected chi connectivity index (χ1v) is 11.6. The van der Waals surface area contributed by atoms with Crippen molar-refractivity contribution in [2.45, 2.75) is 38.9 Å². The van der Waals surface area contributed by atoms with Gasteiger partial charge in [-0.25, -0.2) is 0 Å². The van der Waals surface area contributed by atoms with Gasteiger partial charge in [-0.15, -0.1) is 0 Å². The number of rotatable bonds is 5. The van der Waals surface area contributed by atoms with E-state index < -0.39 is 24.8 Å². The number of hydrogen-bond donors (Lipinski definition) is 0. The first kappa shape index (κ1) is 18.1. The van der Waals surface area contributed by atoms with Gasteiger partial charge in [0.2, 0.25) is 0 Å². The van der Waals surface area contributed by atoms with Crippen molar-refractivity contribution in [3.05, 3.63) is 29.8 Å². The van der Waals surface area contributed by atoms with Crippen molar-refractivity contribution in [1.29, 1.82) is 0 Å². The van der Waals surface area contributed by atoms with Crippen molar-refractivity contribution < 1.29 is 17.4 Å². The maximum absolute atomic E-state index is 11.9. The largest absolute Gasteiger partial charge is 0.291 e. The number of hydrogen-bond acceptors (Lipinski definition) is 4. The van der Waals surface area contributed by atoms with Crippen LogP contribution in [0.15, 0.2) is 24.3 Å². The lowest BCUT2D eigenvalue weighted by Gasteiger charge is -2.37. The van der Waals surface area contributed by atoms with Gasteiger partial charge >= 0.3 is 0 Å². The third-order valence-electron chi connectivity index (χ3n) is 4.21. The van der Waals surface area contributed by atoms with E-state index in [9.17, 15) is 13.2 Å². The molecule has 0 amide bonds. The van der Waals surface area contributed by atoms with E-state index in [0.29, 0.717) is 5.56 Å². The molecule has 0 radical (unpaired) electrons. The van der Waals surface area contributed by atoms with E-state index in [1.807, 2.05) is 12.1 Å². The van der Waals surface area contributed by atoms with Gasteiger partial charge in [0.05, 0.1) is 14.3 Å². The molecule has 0 atom stereocenters. The van der Waals surface area contributed by atoms with Gasteiger partial charge in [-0.05, 0) is 5.04 Å². The Labute approximate surface area is 128 Å². The highest BCUT2D eigenvalue weighted by molar-refractivity contribution is 7.86. The molecule has 0 saturated carbocycles. The maximum atomic E-state index is 11.9. The molecule has 0 unspecified atom stereocenters. The van der Waals surface area contributed by atoms with Crippen molar-refractivity contribution >= 4 is 29.2 Å². The van der Waals surface area contributed by atoms with E-state index in [2.05, 4.69) is 38.0 Å². The monoisotopic (exact) mass is 328 g/mol. The summed E-state index contributed by atoms with van der Waals surface area (Å²) in [7, 11) is -5.22. The third-order valence-corrected chi connectivity index (χ3v) is 10.3. The molecule has 0 saturated heterocycles. The molecule has 0 heterocycles. The molecule has 0 fully saturated rings. The van der Waals surface area contributed by atoms with Crippen LogP contribution in [0.4, 0.5) is 0 Å². The Bertz CT molecular complexity index is 610. The van der Waals surface area contributed by atoms with Crippen molar-refractivity contribution in [1.82, 2.24) is 0 Å². The standard InChI is InChI=1S/C15H24O4SSi/c1-15(2,3)21(5,6)13-9-7-12(8-10-13)14(16)11-19-20(4,17)18/h7-10H,11H2,1-6H3. The zero-order chi connectivity index (χ0) is 16.5. The highest BCUT2D eigenvalue weighted by atomic mass is 32.2. The van der Waals surface area contributed by atoms with Crippen LogP contribution in [0, 0.1) is 0 Å². The fourth-order valence-corrected chi connectivity index (χ4v) is 3.94. The van der Waals surface area contributed by atoms with Gasteiger partial charge in [0.25, 0.3) is 10.1 Å². The Morgan fingerprint density at radius 1 is 1.14 bits per heavy atom. The molecule has 1 aromatic carbocycles. The molecular formula is C15H24O4SSi. The number of carbonyl (C=O) groups is 1. The van der Waals surface area contributed by atoms with Crippen LogP contribution in [-0.4, -0.2) is 35.1 Å². The Kier molecular flexibility index (Phi) is 5.18. The summed E-state index contributed by atoms with van der Waals surface area (Å²) in [4.78, 5) is 11.9. The van der Waals surface area contributed by atoms with Gasteiger partial charge in [0.15, 0.2) is 5.78 Å². The first-order chi connectivity index (χ1) is 9.34. The number of ketones is 1. The molecular weight excluding hydrogens is 304 g/mol. The Balaban J connectivity index is 2.91. The second-order valence-electron chi connectivity index (χ2n) is 6.84. The summed E-state index contributed by atoms with van der Waals surface area (Å²) < 4.78 is 26.3. The van der Waals surface area contributed by atoms with E-state index in [1.54, 1.807) is 12.1 Å². The van der Waals surface area contributed by atoms with Gasteiger partial charge in [-0.3, -0.25) is 8.98 Å². The molecule has 1 rings (SSSR count). The molecule has 0 N–H and O–H groups in total. The summed E-state index contributed by atoms with van der Waals surface area (Å²) in [6, 6.07) is 7.46. The second-order valence-corrected chi connectivity index (χ2v) is 13.8.